The largest absolute Gasteiger partial charge is 0.573 e. The molecule has 1 aliphatic rings. The Labute approximate surface area is 159 Å². The number of esters is 1. The summed E-state index contributed by atoms with van der Waals surface area (Å²) in [6.07, 6.45) is -3.15. The molecule has 150 valence electrons. The SMILES string of the molecule is O=C(OCc1ccc(OC(F)(F)F)cc1)c1ccc(S(=O)(=O)NC2CC2)cc1. The van der Waals surface area contributed by atoms with Crippen molar-refractivity contribution >= 4 is 16.0 Å². The van der Waals surface area contributed by atoms with E-state index in [2.05, 4.69) is 9.46 Å². The number of carbonyl (C=O) groups excluding carboxylic acids is 1. The topological polar surface area (TPSA) is 81.7 Å². The zero-order valence-corrected chi connectivity index (χ0v) is 15.2. The van der Waals surface area contributed by atoms with Gasteiger partial charge in [-0.25, -0.2) is 17.9 Å². The monoisotopic (exact) mass is 415 g/mol. The lowest BCUT2D eigenvalue weighted by atomic mass is 10.2. The van der Waals surface area contributed by atoms with E-state index in [4.69, 9.17) is 4.74 Å². The molecule has 0 saturated heterocycles. The molecule has 0 unspecified atom stereocenters. The number of sulfonamides is 1. The molecule has 2 aromatic rings. The number of halogens is 3. The van der Waals surface area contributed by atoms with Crippen molar-refractivity contribution in [2.75, 3.05) is 0 Å². The minimum Gasteiger partial charge on any atom is -0.457 e. The predicted molar refractivity (Wildman–Crippen MR) is 92.0 cm³/mol. The quantitative estimate of drug-likeness (QED) is 0.701. The number of alkyl halides is 3. The molecule has 1 N–H and O–H groups in total. The Morgan fingerprint density at radius 1 is 1.04 bits per heavy atom. The number of rotatable bonds is 7. The Hall–Kier alpha value is -2.59. The third-order valence-electron chi connectivity index (χ3n) is 3.83. The van der Waals surface area contributed by atoms with Gasteiger partial charge in [-0.05, 0) is 54.8 Å². The number of carbonyl (C=O) groups is 1. The highest BCUT2D eigenvalue weighted by Crippen LogP contribution is 2.24. The van der Waals surface area contributed by atoms with Gasteiger partial charge in [0.1, 0.15) is 12.4 Å². The van der Waals surface area contributed by atoms with E-state index < -0.39 is 22.4 Å². The zero-order valence-electron chi connectivity index (χ0n) is 14.4. The molecule has 2 aromatic carbocycles. The first-order chi connectivity index (χ1) is 13.1. The lowest BCUT2D eigenvalue weighted by molar-refractivity contribution is -0.274. The molecule has 0 aliphatic heterocycles. The van der Waals surface area contributed by atoms with Gasteiger partial charge in [-0.1, -0.05) is 12.1 Å². The summed E-state index contributed by atoms with van der Waals surface area (Å²) in [5, 5.41) is 0. The molecule has 3 rings (SSSR count). The summed E-state index contributed by atoms with van der Waals surface area (Å²) in [6, 6.07) is 10.2. The van der Waals surface area contributed by atoms with Crippen molar-refractivity contribution in [3.63, 3.8) is 0 Å². The second-order valence-corrected chi connectivity index (χ2v) is 7.90. The molecular formula is C18H16F3NO5S. The molecule has 1 saturated carbocycles. The van der Waals surface area contributed by atoms with Crippen LogP contribution in [0.5, 0.6) is 5.75 Å². The molecule has 0 atom stereocenters. The predicted octanol–water partition coefficient (Wildman–Crippen LogP) is 3.38. The Bertz CT molecular complexity index is 937. The van der Waals surface area contributed by atoms with Gasteiger partial charge in [0.2, 0.25) is 10.0 Å². The van der Waals surface area contributed by atoms with Gasteiger partial charge in [-0.2, -0.15) is 0 Å². The van der Waals surface area contributed by atoms with E-state index >= 15 is 0 Å². The maximum absolute atomic E-state index is 12.1. The van der Waals surface area contributed by atoms with E-state index in [1.54, 1.807) is 0 Å². The highest BCUT2D eigenvalue weighted by molar-refractivity contribution is 7.89. The van der Waals surface area contributed by atoms with Crippen molar-refractivity contribution in [2.45, 2.75) is 36.7 Å². The van der Waals surface area contributed by atoms with Crippen LogP contribution in [-0.2, 0) is 21.4 Å². The Morgan fingerprint density at radius 3 is 2.18 bits per heavy atom. The lowest BCUT2D eigenvalue weighted by Gasteiger charge is -2.10. The first-order valence-corrected chi connectivity index (χ1v) is 9.75. The molecule has 0 spiro atoms. The second-order valence-electron chi connectivity index (χ2n) is 6.19. The van der Waals surface area contributed by atoms with Crippen molar-refractivity contribution in [3.8, 4) is 5.75 Å². The van der Waals surface area contributed by atoms with Gasteiger partial charge >= 0.3 is 12.3 Å². The van der Waals surface area contributed by atoms with Crippen LogP contribution < -0.4 is 9.46 Å². The normalized spacial score (nSPS) is 14.5. The summed E-state index contributed by atoms with van der Waals surface area (Å²) in [7, 11) is -3.61. The molecule has 0 aromatic heterocycles. The summed E-state index contributed by atoms with van der Waals surface area (Å²) in [5.74, 6) is -1.06. The van der Waals surface area contributed by atoms with Crippen molar-refractivity contribution in [1.82, 2.24) is 4.72 Å². The zero-order chi connectivity index (χ0) is 20.4. The fraction of sp³-hybridized carbons (Fsp3) is 0.278. The van der Waals surface area contributed by atoms with Gasteiger partial charge in [0.25, 0.3) is 0 Å². The van der Waals surface area contributed by atoms with E-state index in [1.807, 2.05) is 0 Å². The molecule has 6 nitrogen and oxygen atoms in total. The minimum absolute atomic E-state index is 0.0254. The molecule has 1 aliphatic carbocycles. The van der Waals surface area contributed by atoms with Crippen LogP contribution >= 0.6 is 0 Å². The average molecular weight is 415 g/mol. The highest BCUT2D eigenvalue weighted by Gasteiger charge is 2.31. The van der Waals surface area contributed by atoms with E-state index in [0.29, 0.717) is 5.56 Å². The molecular weight excluding hydrogens is 399 g/mol. The van der Waals surface area contributed by atoms with Crippen LogP contribution in [-0.4, -0.2) is 26.8 Å². The molecule has 1 fully saturated rings. The number of benzene rings is 2. The van der Waals surface area contributed by atoms with Crippen molar-refractivity contribution in [3.05, 3.63) is 59.7 Å². The molecule has 10 heteroatoms. The standard InChI is InChI=1S/C18H16F3NO5S/c19-18(20,21)27-15-7-1-12(2-8-15)11-26-17(23)13-3-9-16(10-4-13)28(24,25)22-14-5-6-14/h1-4,7-10,14,22H,5-6,11H2. The molecule has 0 amide bonds. The van der Waals surface area contributed by atoms with Gasteiger partial charge in [0.15, 0.2) is 0 Å². The maximum atomic E-state index is 12.1. The summed E-state index contributed by atoms with van der Waals surface area (Å²) < 4.78 is 71.9. The first-order valence-electron chi connectivity index (χ1n) is 8.27. The summed E-state index contributed by atoms with van der Waals surface area (Å²) in [6.45, 7) is -0.158. The summed E-state index contributed by atoms with van der Waals surface area (Å²) in [4.78, 5) is 12.1. The third kappa shape index (κ3) is 5.70. The Morgan fingerprint density at radius 2 is 1.64 bits per heavy atom. The smallest absolute Gasteiger partial charge is 0.457 e. The fourth-order valence-electron chi connectivity index (χ4n) is 2.28. The average Bonchev–Trinajstić information content (AvgIpc) is 3.43. The van der Waals surface area contributed by atoms with E-state index in [0.717, 1.165) is 25.0 Å². The molecule has 0 heterocycles. The van der Waals surface area contributed by atoms with Gasteiger partial charge in [-0.3, -0.25) is 0 Å². The van der Waals surface area contributed by atoms with Gasteiger partial charge in [0.05, 0.1) is 10.5 Å². The second kappa shape index (κ2) is 7.80. The van der Waals surface area contributed by atoms with Crippen molar-refractivity contribution in [1.29, 1.82) is 0 Å². The van der Waals surface area contributed by atoms with Crippen molar-refractivity contribution < 1.29 is 35.9 Å². The Kier molecular flexibility index (Phi) is 5.61. The van der Waals surface area contributed by atoms with Crippen molar-refractivity contribution in [2.24, 2.45) is 0 Å². The van der Waals surface area contributed by atoms with Crippen LogP contribution in [0, 0.1) is 0 Å². The van der Waals surface area contributed by atoms with Crippen LogP contribution in [0.4, 0.5) is 13.2 Å². The van der Waals surface area contributed by atoms with Gasteiger partial charge in [0, 0.05) is 6.04 Å². The molecule has 0 bridgehead atoms. The van der Waals surface area contributed by atoms with Crippen LogP contribution in [0.15, 0.2) is 53.4 Å². The highest BCUT2D eigenvalue weighted by atomic mass is 32.2. The van der Waals surface area contributed by atoms with Crippen LogP contribution in [0.1, 0.15) is 28.8 Å². The number of hydrogen-bond acceptors (Lipinski definition) is 5. The number of hydrogen-bond donors (Lipinski definition) is 1. The van der Waals surface area contributed by atoms with Gasteiger partial charge < -0.3 is 9.47 Å². The number of nitrogens with one attached hydrogen (secondary N) is 1. The van der Waals surface area contributed by atoms with Gasteiger partial charge in [-0.15, -0.1) is 13.2 Å². The lowest BCUT2D eigenvalue weighted by Crippen LogP contribution is -2.25. The first kappa shape index (κ1) is 20.2. The van der Waals surface area contributed by atoms with Crippen LogP contribution in [0.25, 0.3) is 0 Å². The molecule has 28 heavy (non-hydrogen) atoms. The minimum atomic E-state index is -4.78. The Balaban J connectivity index is 1.56. The van der Waals surface area contributed by atoms with E-state index in [9.17, 15) is 26.4 Å². The van der Waals surface area contributed by atoms with Crippen LogP contribution in [0.3, 0.4) is 0 Å². The van der Waals surface area contributed by atoms with E-state index in [1.165, 1.54) is 36.4 Å². The summed E-state index contributed by atoms with van der Waals surface area (Å²) >= 11 is 0. The van der Waals surface area contributed by atoms with E-state index in [-0.39, 0.29) is 28.9 Å². The fourth-order valence-corrected chi connectivity index (χ4v) is 3.58. The maximum Gasteiger partial charge on any atom is 0.573 e. The number of ether oxygens (including phenoxy) is 2. The van der Waals surface area contributed by atoms with Crippen LogP contribution in [0.2, 0.25) is 0 Å². The third-order valence-corrected chi connectivity index (χ3v) is 5.36. The summed E-state index contributed by atoms with van der Waals surface area (Å²) in [5.41, 5.74) is 0.623. The molecule has 0 radical (unpaired) electrons.